The van der Waals surface area contributed by atoms with Crippen LogP contribution >= 0.6 is 0 Å². The number of rotatable bonds is 3. The van der Waals surface area contributed by atoms with Crippen LogP contribution in [0.3, 0.4) is 0 Å². The molecular formula is C19H13N5O2. The maximum absolute atomic E-state index is 11.5. The molecule has 1 N–H and O–H groups in total. The molecule has 3 aromatic rings. The lowest BCUT2D eigenvalue weighted by molar-refractivity contribution is -0.385. The van der Waals surface area contributed by atoms with Crippen molar-refractivity contribution in [2.24, 2.45) is 4.99 Å². The van der Waals surface area contributed by atoms with Crippen LogP contribution in [-0.2, 0) is 0 Å². The number of nitrogens with zero attached hydrogens (tertiary/aromatic N) is 4. The van der Waals surface area contributed by atoms with Crippen molar-refractivity contribution in [2.75, 3.05) is 0 Å². The Bertz CT molecular complexity index is 1050. The quantitative estimate of drug-likeness (QED) is 0.445. The number of para-hydroxylation sites is 1. The van der Waals surface area contributed by atoms with Crippen LogP contribution in [0, 0.1) is 16.7 Å². The molecule has 1 aliphatic rings. The van der Waals surface area contributed by atoms with E-state index in [9.17, 15) is 10.1 Å². The molecule has 7 heteroatoms. The topological polar surface area (TPSA) is 88.5 Å². The highest BCUT2D eigenvalue weighted by molar-refractivity contribution is 6.08. The standard InChI is InChI=1S/C19H13N5O2/c1-20-18-16(13-9-5-6-10-15(13)24(25)26)14-11-21-23-19(14)22-17(18)12-7-3-2-4-8-12/h2-11,16,18H,(H,21,23). The largest absolute Gasteiger partial charge is 0.306 e. The van der Waals surface area contributed by atoms with E-state index in [0.29, 0.717) is 22.7 Å². The zero-order valence-electron chi connectivity index (χ0n) is 13.5. The summed E-state index contributed by atoms with van der Waals surface area (Å²) in [5.74, 6) is 0.0162. The Morgan fingerprint density at radius 3 is 2.54 bits per heavy atom. The smallest absolute Gasteiger partial charge is 0.277 e. The van der Waals surface area contributed by atoms with Gasteiger partial charge in [0.25, 0.3) is 11.7 Å². The molecule has 126 valence electrons. The van der Waals surface area contributed by atoms with Crippen molar-refractivity contribution in [3.05, 3.63) is 99.0 Å². The Morgan fingerprint density at radius 2 is 1.81 bits per heavy atom. The van der Waals surface area contributed by atoms with Gasteiger partial charge in [-0.2, -0.15) is 5.10 Å². The van der Waals surface area contributed by atoms with E-state index in [2.05, 4.69) is 20.0 Å². The van der Waals surface area contributed by atoms with Crippen LogP contribution in [0.5, 0.6) is 0 Å². The van der Waals surface area contributed by atoms with Gasteiger partial charge in [-0.15, -0.1) is 0 Å². The molecule has 0 aliphatic carbocycles. The van der Waals surface area contributed by atoms with Gasteiger partial charge in [0.2, 0.25) is 0 Å². The maximum Gasteiger partial charge on any atom is 0.277 e. The summed E-state index contributed by atoms with van der Waals surface area (Å²) in [4.78, 5) is 19.5. The van der Waals surface area contributed by atoms with Crippen LogP contribution in [0.4, 0.5) is 11.5 Å². The number of nitrogens with one attached hydrogen (secondary N) is 1. The van der Waals surface area contributed by atoms with E-state index in [4.69, 9.17) is 6.57 Å². The lowest BCUT2D eigenvalue weighted by atomic mass is 9.80. The van der Waals surface area contributed by atoms with Crippen LogP contribution in [-0.4, -0.2) is 26.9 Å². The number of benzene rings is 2. The van der Waals surface area contributed by atoms with Crippen LogP contribution in [0.25, 0.3) is 4.85 Å². The average molecular weight is 343 g/mol. The third kappa shape index (κ3) is 2.45. The summed E-state index contributed by atoms with van der Waals surface area (Å²) in [5, 5.41) is 18.4. The van der Waals surface area contributed by atoms with Gasteiger partial charge in [-0.25, -0.2) is 11.6 Å². The first-order valence-corrected chi connectivity index (χ1v) is 7.98. The van der Waals surface area contributed by atoms with Gasteiger partial charge in [-0.05, 0) is 0 Å². The number of fused-ring (bicyclic) bond motifs is 1. The predicted molar refractivity (Wildman–Crippen MR) is 96.6 cm³/mol. The fourth-order valence-electron chi connectivity index (χ4n) is 3.35. The SMILES string of the molecule is [C-]#[N+]C1C(c2ccccc2)=Nc2[nH]ncc2C1c1ccccc1[N+](=O)[O-]. The molecule has 0 radical (unpaired) electrons. The first-order valence-electron chi connectivity index (χ1n) is 7.98. The van der Waals surface area contributed by atoms with E-state index in [1.165, 1.54) is 6.07 Å². The molecule has 0 bridgehead atoms. The van der Waals surface area contributed by atoms with Gasteiger partial charge in [0.15, 0.2) is 5.82 Å². The van der Waals surface area contributed by atoms with Crippen molar-refractivity contribution in [3.63, 3.8) is 0 Å². The molecule has 2 aromatic carbocycles. The molecule has 2 atom stereocenters. The number of nitro benzene ring substituents is 1. The molecule has 0 fully saturated rings. The Kier molecular flexibility index (Phi) is 3.78. The zero-order valence-corrected chi connectivity index (χ0v) is 13.5. The fourth-order valence-corrected chi connectivity index (χ4v) is 3.35. The third-order valence-corrected chi connectivity index (χ3v) is 4.49. The molecule has 7 nitrogen and oxygen atoms in total. The van der Waals surface area contributed by atoms with E-state index in [1.807, 2.05) is 30.3 Å². The van der Waals surface area contributed by atoms with Crippen molar-refractivity contribution in [1.82, 2.24) is 10.2 Å². The number of hydrogen-bond donors (Lipinski definition) is 1. The number of hydrogen-bond acceptors (Lipinski definition) is 4. The molecular weight excluding hydrogens is 330 g/mol. The van der Waals surface area contributed by atoms with Crippen molar-refractivity contribution in [2.45, 2.75) is 12.0 Å². The van der Waals surface area contributed by atoms with E-state index in [-0.39, 0.29) is 5.69 Å². The predicted octanol–water partition coefficient (Wildman–Crippen LogP) is 3.87. The minimum atomic E-state index is -0.677. The average Bonchev–Trinajstić information content (AvgIpc) is 3.15. The van der Waals surface area contributed by atoms with Gasteiger partial charge in [-0.3, -0.25) is 15.2 Å². The van der Waals surface area contributed by atoms with Crippen LogP contribution in [0.1, 0.15) is 22.6 Å². The highest BCUT2D eigenvalue weighted by atomic mass is 16.6. The van der Waals surface area contributed by atoms with E-state index < -0.39 is 16.9 Å². The van der Waals surface area contributed by atoms with Crippen molar-refractivity contribution in [1.29, 1.82) is 0 Å². The van der Waals surface area contributed by atoms with Crippen LogP contribution in [0.2, 0.25) is 0 Å². The van der Waals surface area contributed by atoms with Gasteiger partial charge in [0.05, 0.1) is 11.1 Å². The number of H-pyrrole nitrogens is 1. The van der Waals surface area contributed by atoms with Crippen molar-refractivity contribution in [3.8, 4) is 0 Å². The molecule has 4 rings (SSSR count). The summed E-state index contributed by atoms with van der Waals surface area (Å²) in [6.07, 6.45) is 1.60. The van der Waals surface area contributed by atoms with Gasteiger partial charge in [0.1, 0.15) is 11.6 Å². The second kappa shape index (κ2) is 6.26. The summed E-state index contributed by atoms with van der Waals surface area (Å²) in [7, 11) is 0. The molecule has 0 saturated heterocycles. The van der Waals surface area contributed by atoms with Gasteiger partial charge in [-0.1, -0.05) is 48.5 Å². The molecule has 2 heterocycles. The van der Waals surface area contributed by atoms with Crippen molar-refractivity contribution < 1.29 is 4.92 Å². The normalized spacial score (nSPS) is 18.5. The van der Waals surface area contributed by atoms with E-state index in [1.54, 1.807) is 24.4 Å². The zero-order chi connectivity index (χ0) is 18.1. The summed E-state index contributed by atoms with van der Waals surface area (Å²) < 4.78 is 0. The first kappa shape index (κ1) is 15.7. The maximum atomic E-state index is 11.5. The van der Waals surface area contributed by atoms with Gasteiger partial charge < -0.3 is 4.85 Å². The molecule has 0 saturated carbocycles. The highest BCUT2D eigenvalue weighted by Gasteiger charge is 2.43. The Balaban J connectivity index is 1.95. The van der Waals surface area contributed by atoms with Crippen molar-refractivity contribution >= 4 is 17.2 Å². The monoisotopic (exact) mass is 343 g/mol. The summed E-state index contributed by atoms with van der Waals surface area (Å²) >= 11 is 0. The summed E-state index contributed by atoms with van der Waals surface area (Å²) in [5.41, 5.74) is 2.58. The van der Waals surface area contributed by atoms with E-state index in [0.717, 1.165) is 5.56 Å². The first-order chi connectivity index (χ1) is 12.7. The minimum absolute atomic E-state index is 0.00684. The molecule has 1 aliphatic heterocycles. The molecule has 26 heavy (non-hydrogen) atoms. The molecule has 0 spiro atoms. The number of aromatic amines is 1. The number of aliphatic imine (C=N–C) groups is 1. The fraction of sp³-hybridized carbons (Fsp3) is 0.105. The second-order valence-corrected chi connectivity index (χ2v) is 5.90. The lowest BCUT2D eigenvalue weighted by Gasteiger charge is -2.23. The number of nitro groups is 1. The second-order valence-electron chi connectivity index (χ2n) is 5.90. The Hall–Kier alpha value is -3.79. The van der Waals surface area contributed by atoms with Gasteiger partial charge in [0, 0.05) is 22.8 Å². The summed E-state index contributed by atoms with van der Waals surface area (Å²) in [6.45, 7) is 7.77. The Morgan fingerprint density at radius 1 is 1.08 bits per heavy atom. The summed E-state index contributed by atoms with van der Waals surface area (Å²) in [6, 6.07) is 15.3. The minimum Gasteiger partial charge on any atom is -0.306 e. The van der Waals surface area contributed by atoms with E-state index >= 15 is 0 Å². The molecule has 1 aromatic heterocycles. The third-order valence-electron chi connectivity index (χ3n) is 4.49. The van der Waals surface area contributed by atoms with Crippen LogP contribution in [0.15, 0.2) is 65.8 Å². The number of aromatic nitrogens is 2. The van der Waals surface area contributed by atoms with Crippen LogP contribution < -0.4 is 0 Å². The lowest BCUT2D eigenvalue weighted by Crippen LogP contribution is -2.30. The Labute approximate surface area is 149 Å². The molecule has 2 unspecified atom stereocenters. The highest BCUT2D eigenvalue weighted by Crippen LogP contribution is 2.43. The molecule has 0 amide bonds. The van der Waals surface area contributed by atoms with Gasteiger partial charge >= 0.3 is 0 Å².